The molecule has 7 heteroatoms. The number of nitrogens with zero attached hydrogens (tertiary/aromatic N) is 2. The van der Waals surface area contributed by atoms with E-state index in [0.29, 0.717) is 37.5 Å². The van der Waals surface area contributed by atoms with Gasteiger partial charge in [-0.05, 0) is 25.5 Å². The highest BCUT2D eigenvalue weighted by molar-refractivity contribution is 5.84. The van der Waals surface area contributed by atoms with Crippen molar-refractivity contribution in [1.82, 2.24) is 4.90 Å². The SMILES string of the molecule is CC(Oc1ccccc1C#N)C(=O)N1C[C@H]2COCC[C@@]2(C(=O)O)C1. The van der Waals surface area contributed by atoms with Crippen molar-refractivity contribution in [3.8, 4) is 11.8 Å². The van der Waals surface area contributed by atoms with Crippen molar-refractivity contribution < 1.29 is 24.2 Å². The average Bonchev–Trinajstić information content (AvgIpc) is 3.02. The molecule has 1 amide bonds. The maximum atomic E-state index is 12.7. The van der Waals surface area contributed by atoms with Crippen LogP contribution < -0.4 is 4.74 Å². The van der Waals surface area contributed by atoms with Crippen molar-refractivity contribution in [3.05, 3.63) is 29.8 Å². The Bertz CT molecular complexity index is 728. The first kappa shape index (κ1) is 17.2. The van der Waals surface area contributed by atoms with Gasteiger partial charge in [-0.1, -0.05) is 12.1 Å². The van der Waals surface area contributed by atoms with Crippen LogP contribution in [0.1, 0.15) is 18.9 Å². The summed E-state index contributed by atoms with van der Waals surface area (Å²) in [5.74, 6) is -1.01. The van der Waals surface area contributed by atoms with Gasteiger partial charge in [0.15, 0.2) is 6.10 Å². The second-order valence-corrected chi connectivity index (χ2v) is 6.57. The highest BCUT2D eigenvalue weighted by atomic mass is 16.5. The van der Waals surface area contributed by atoms with Crippen LogP contribution >= 0.6 is 0 Å². The van der Waals surface area contributed by atoms with Crippen LogP contribution in [0.3, 0.4) is 0 Å². The molecular weight excluding hydrogens is 324 g/mol. The standard InChI is InChI=1S/C18H20N2O5/c1-12(25-15-5-3-2-4-13(15)8-19)16(21)20-9-14-10-24-7-6-18(14,11-20)17(22)23/h2-5,12,14H,6-7,9-11H2,1H3,(H,22,23)/t12?,14-,18+/m0/s1. The van der Waals surface area contributed by atoms with Gasteiger partial charge in [-0.25, -0.2) is 0 Å². The van der Waals surface area contributed by atoms with E-state index in [0.717, 1.165) is 0 Å². The number of hydrogen-bond donors (Lipinski definition) is 1. The van der Waals surface area contributed by atoms with Crippen molar-refractivity contribution in [2.24, 2.45) is 11.3 Å². The van der Waals surface area contributed by atoms with Gasteiger partial charge >= 0.3 is 5.97 Å². The summed E-state index contributed by atoms with van der Waals surface area (Å²) < 4.78 is 11.1. The summed E-state index contributed by atoms with van der Waals surface area (Å²) in [5.41, 5.74) is -0.578. The Morgan fingerprint density at radius 1 is 1.48 bits per heavy atom. The van der Waals surface area contributed by atoms with Gasteiger partial charge in [0, 0.05) is 25.6 Å². The summed E-state index contributed by atoms with van der Waals surface area (Å²) in [6.45, 7) is 2.87. The number of amides is 1. The van der Waals surface area contributed by atoms with E-state index >= 15 is 0 Å². The van der Waals surface area contributed by atoms with E-state index in [-0.39, 0.29) is 18.4 Å². The molecule has 2 aliphatic rings. The Kier molecular flexibility index (Phi) is 4.64. The lowest BCUT2D eigenvalue weighted by atomic mass is 9.74. The molecule has 2 aliphatic heterocycles. The van der Waals surface area contributed by atoms with E-state index in [9.17, 15) is 14.7 Å². The third-order valence-electron chi connectivity index (χ3n) is 5.10. The van der Waals surface area contributed by atoms with E-state index < -0.39 is 17.5 Å². The second kappa shape index (κ2) is 6.73. The summed E-state index contributed by atoms with van der Waals surface area (Å²) in [6, 6.07) is 8.74. The molecule has 7 nitrogen and oxygen atoms in total. The average molecular weight is 344 g/mol. The van der Waals surface area contributed by atoms with Crippen molar-refractivity contribution in [1.29, 1.82) is 5.26 Å². The lowest BCUT2D eigenvalue weighted by Crippen LogP contribution is -2.45. The monoisotopic (exact) mass is 344 g/mol. The molecule has 1 unspecified atom stereocenters. The minimum absolute atomic E-state index is 0.169. The normalized spacial score (nSPS) is 26.4. The predicted molar refractivity (Wildman–Crippen MR) is 86.8 cm³/mol. The predicted octanol–water partition coefficient (Wildman–Crippen LogP) is 1.28. The maximum absolute atomic E-state index is 12.7. The maximum Gasteiger partial charge on any atom is 0.311 e. The number of carboxylic acids is 1. The molecule has 2 fully saturated rings. The highest BCUT2D eigenvalue weighted by Gasteiger charge is 2.55. The number of carboxylic acid groups (broad SMARTS) is 1. The van der Waals surface area contributed by atoms with Crippen molar-refractivity contribution in [2.45, 2.75) is 19.4 Å². The quantitative estimate of drug-likeness (QED) is 0.883. The molecule has 0 spiro atoms. The van der Waals surface area contributed by atoms with Crippen LogP contribution in [0.25, 0.3) is 0 Å². The minimum atomic E-state index is -0.932. The molecule has 0 radical (unpaired) electrons. The number of rotatable bonds is 4. The van der Waals surface area contributed by atoms with Crippen LogP contribution in [0.2, 0.25) is 0 Å². The fourth-order valence-electron chi connectivity index (χ4n) is 3.63. The molecule has 1 N–H and O–H groups in total. The van der Waals surface area contributed by atoms with Crippen LogP contribution in [0.4, 0.5) is 0 Å². The Labute approximate surface area is 145 Å². The van der Waals surface area contributed by atoms with Gasteiger partial charge < -0.3 is 19.5 Å². The summed E-state index contributed by atoms with van der Waals surface area (Å²) in [6.07, 6.45) is -0.398. The summed E-state index contributed by atoms with van der Waals surface area (Å²) in [4.78, 5) is 26.1. The lowest BCUT2D eigenvalue weighted by Gasteiger charge is -2.33. The van der Waals surface area contributed by atoms with Crippen LogP contribution in [0, 0.1) is 22.7 Å². The zero-order valence-electron chi connectivity index (χ0n) is 14.0. The lowest BCUT2D eigenvalue weighted by molar-refractivity contribution is -0.157. The van der Waals surface area contributed by atoms with Crippen LogP contribution in [-0.4, -0.2) is 54.3 Å². The van der Waals surface area contributed by atoms with Gasteiger partial charge in [0.25, 0.3) is 5.91 Å². The molecular formula is C18H20N2O5. The number of carbonyl (C=O) groups is 2. The van der Waals surface area contributed by atoms with E-state index in [1.54, 1.807) is 36.1 Å². The number of ether oxygens (including phenoxy) is 2. The highest BCUT2D eigenvalue weighted by Crippen LogP contribution is 2.42. The minimum Gasteiger partial charge on any atom is -0.481 e. The number of aliphatic carboxylic acids is 1. The number of benzene rings is 1. The third kappa shape index (κ3) is 3.05. The zero-order valence-corrected chi connectivity index (χ0v) is 14.0. The number of hydrogen-bond acceptors (Lipinski definition) is 5. The molecule has 2 saturated heterocycles. The van der Waals surface area contributed by atoms with Gasteiger partial charge in [-0.2, -0.15) is 5.26 Å². The van der Waals surface area contributed by atoms with E-state index in [1.807, 2.05) is 6.07 Å². The molecule has 0 aromatic heterocycles. The molecule has 1 aromatic rings. The Balaban J connectivity index is 1.73. The molecule has 0 saturated carbocycles. The molecule has 2 heterocycles. The molecule has 3 atom stereocenters. The third-order valence-corrected chi connectivity index (χ3v) is 5.10. The topological polar surface area (TPSA) is 99.9 Å². The van der Waals surface area contributed by atoms with Gasteiger partial charge in [-0.15, -0.1) is 0 Å². The summed E-state index contributed by atoms with van der Waals surface area (Å²) in [5, 5.41) is 18.8. The summed E-state index contributed by atoms with van der Waals surface area (Å²) >= 11 is 0. The first-order valence-corrected chi connectivity index (χ1v) is 8.23. The number of para-hydroxylation sites is 1. The van der Waals surface area contributed by atoms with Gasteiger partial charge in [-0.3, -0.25) is 9.59 Å². The van der Waals surface area contributed by atoms with Gasteiger partial charge in [0.05, 0.1) is 17.6 Å². The van der Waals surface area contributed by atoms with Crippen LogP contribution in [0.15, 0.2) is 24.3 Å². The molecule has 132 valence electrons. The second-order valence-electron chi connectivity index (χ2n) is 6.57. The van der Waals surface area contributed by atoms with Crippen molar-refractivity contribution >= 4 is 11.9 Å². The van der Waals surface area contributed by atoms with Crippen LogP contribution in [0.5, 0.6) is 5.75 Å². The fraction of sp³-hybridized carbons (Fsp3) is 0.500. The number of nitriles is 1. The van der Waals surface area contributed by atoms with E-state index in [2.05, 4.69) is 0 Å². The molecule has 0 aliphatic carbocycles. The largest absolute Gasteiger partial charge is 0.481 e. The molecule has 1 aromatic carbocycles. The Morgan fingerprint density at radius 2 is 2.24 bits per heavy atom. The first-order chi connectivity index (χ1) is 12.0. The van der Waals surface area contributed by atoms with Gasteiger partial charge in [0.2, 0.25) is 0 Å². The van der Waals surface area contributed by atoms with E-state index in [4.69, 9.17) is 14.7 Å². The number of likely N-dealkylation sites (tertiary alicyclic amines) is 1. The van der Waals surface area contributed by atoms with Crippen LogP contribution in [-0.2, 0) is 14.3 Å². The zero-order chi connectivity index (χ0) is 18.0. The molecule has 0 bridgehead atoms. The van der Waals surface area contributed by atoms with Crippen molar-refractivity contribution in [2.75, 3.05) is 26.3 Å². The number of fused-ring (bicyclic) bond motifs is 1. The van der Waals surface area contributed by atoms with Gasteiger partial charge in [0.1, 0.15) is 11.8 Å². The van der Waals surface area contributed by atoms with E-state index in [1.165, 1.54) is 0 Å². The first-order valence-electron chi connectivity index (χ1n) is 8.23. The Hall–Kier alpha value is -2.59. The number of carbonyl (C=O) groups excluding carboxylic acids is 1. The molecule has 3 rings (SSSR count). The van der Waals surface area contributed by atoms with Crippen molar-refractivity contribution in [3.63, 3.8) is 0 Å². The fourth-order valence-corrected chi connectivity index (χ4v) is 3.63. The Morgan fingerprint density at radius 3 is 2.92 bits per heavy atom. The molecule has 25 heavy (non-hydrogen) atoms. The smallest absolute Gasteiger partial charge is 0.311 e. The summed E-state index contributed by atoms with van der Waals surface area (Å²) in [7, 11) is 0.